The van der Waals surface area contributed by atoms with E-state index in [0.29, 0.717) is 0 Å². The first-order valence-corrected chi connectivity index (χ1v) is 16.0. The van der Waals surface area contributed by atoms with Crippen LogP contribution in [0.3, 0.4) is 0 Å². The molecule has 10 rings (SSSR count). The van der Waals surface area contributed by atoms with Crippen LogP contribution in [0.1, 0.15) is 0 Å². The second kappa shape index (κ2) is 9.76. The molecule has 10 aromatic carbocycles. The summed E-state index contributed by atoms with van der Waals surface area (Å²) >= 11 is 0. The first-order valence-electron chi connectivity index (χ1n) is 16.0. The van der Waals surface area contributed by atoms with Crippen LogP contribution in [0.25, 0.3) is 97.7 Å². The number of hydrogen-bond acceptors (Lipinski definition) is 0. The van der Waals surface area contributed by atoms with Gasteiger partial charge in [0.2, 0.25) is 0 Å². The van der Waals surface area contributed by atoms with Gasteiger partial charge < -0.3 is 0 Å². The predicted molar refractivity (Wildman–Crippen MR) is 200 cm³/mol. The van der Waals surface area contributed by atoms with Gasteiger partial charge in [-0.25, -0.2) is 0 Å². The van der Waals surface area contributed by atoms with Gasteiger partial charge in [0.1, 0.15) is 0 Å². The van der Waals surface area contributed by atoms with Crippen LogP contribution in [-0.4, -0.2) is 0 Å². The normalized spacial score (nSPS) is 11.9. The van der Waals surface area contributed by atoms with Gasteiger partial charge in [0, 0.05) is 0 Å². The zero-order valence-corrected chi connectivity index (χ0v) is 25.2. The topological polar surface area (TPSA) is 0 Å². The molecule has 0 unspecified atom stereocenters. The van der Waals surface area contributed by atoms with Gasteiger partial charge >= 0.3 is 0 Å². The summed E-state index contributed by atoms with van der Waals surface area (Å²) in [5.74, 6) is 0. The van der Waals surface area contributed by atoms with E-state index in [-0.39, 0.29) is 0 Å². The molecule has 0 bridgehead atoms. The van der Waals surface area contributed by atoms with Gasteiger partial charge in [0.15, 0.2) is 0 Å². The molecular formula is C46H28. The van der Waals surface area contributed by atoms with E-state index in [1.165, 1.54) is 97.7 Å². The third kappa shape index (κ3) is 3.68. The maximum atomic E-state index is 2.43. The Balaban J connectivity index is 1.40. The number of hydrogen-bond donors (Lipinski definition) is 0. The maximum absolute atomic E-state index is 2.43. The highest BCUT2D eigenvalue weighted by molar-refractivity contribution is 6.33. The molecule has 0 radical (unpaired) electrons. The molecule has 0 nitrogen and oxygen atoms in total. The largest absolute Gasteiger partial charge is 0.0616 e. The Kier molecular flexibility index (Phi) is 5.38. The van der Waals surface area contributed by atoms with Crippen molar-refractivity contribution in [1.29, 1.82) is 0 Å². The summed E-state index contributed by atoms with van der Waals surface area (Å²) in [7, 11) is 0. The Morgan fingerprint density at radius 2 is 0.609 bits per heavy atom. The van der Waals surface area contributed by atoms with Crippen LogP contribution >= 0.6 is 0 Å². The molecule has 0 atom stereocenters. The summed E-state index contributed by atoms with van der Waals surface area (Å²) in [4.78, 5) is 0. The van der Waals surface area contributed by atoms with Crippen molar-refractivity contribution in [3.8, 4) is 22.3 Å². The van der Waals surface area contributed by atoms with E-state index in [9.17, 15) is 0 Å². The molecule has 0 heterocycles. The van der Waals surface area contributed by atoms with Gasteiger partial charge in [-0.15, -0.1) is 0 Å². The van der Waals surface area contributed by atoms with Crippen molar-refractivity contribution in [1.82, 2.24) is 0 Å². The van der Waals surface area contributed by atoms with Crippen molar-refractivity contribution in [3.63, 3.8) is 0 Å². The average molecular weight is 581 g/mol. The molecule has 0 aliphatic heterocycles. The SMILES string of the molecule is c1ccc2c(-c3ccc4c5ccc(-c6cccc7ccccc67)cc5c5cccc6ccc7cccc(c4c3)c7c65)cccc2c1. The second-order valence-electron chi connectivity index (χ2n) is 12.4. The highest BCUT2D eigenvalue weighted by Crippen LogP contribution is 2.43. The Morgan fingerprint density at radius 3 is 1.11 bits per heavy atom. The quantitative estimate of drug-likeness (QED) is 0.178. The molecule has 0 fully saturated rings. The fourth-order valence-corrected chi connectivity index (χ4v) is 7.90. The van der Waals surface area contributed by atoms with E-state index in [2.05, 4.69) is 170 Å². The Bertz CT molecular complexity index is 2650. The van der Waals surface area contributed by atoms with Crippen LogP contribution in [0, 0.1) is 0 Å². The Morgan fingerprint density at radius 1 is 0.217 bits per heavy atom. The van der Waals surface area contributed by atoms with Crippen LogP contribution in [0.4, 0.5) is 0 Å². The third-order valence-corrected chi connectivity index (χ3v) is 10.00. The third-order valence-electron chi connectivity index (χ3n) is 10.00. The summed E-state index contributed by atoms with van der Waals surface area (Å²) in [6.07, 6.45) is 0. The van der Waals surface area contributed by atoms with Crippen molar-refractivity contribution in [2.24, 2.45) is 0 Å². The van der Waals surface area contributed by atoms with E-state index in [1.807, 2.05) is 0 Å². The second-order valence-corrected chi connectivity index (χ2v) is 12.4. The molecular weight excluding hydrogens is 553 g/mol. The smallest absolute Gasteiger partial charge is 0.00203 e. The number of benzene rings is 9. The molecule has 0 N–H and O–H groups in total. The van der Waals surface area contributed by atoms with E-state index in [1.54, 1.807) is 0 Å². The molecule has 0 aromatic heterocycles. The zero-order valence-electron chi connectivity index (χ0n) is 25.2. The maximum Gasteiger partial charge on any atom is -0.00203 e. The van der Waals surface area contributed by atoms with Gasteiger partial charge in [-0.2, -0.15) is 0 Å². The van der Waals surface area contributed by atoms with E-state index < -0.39 is 0 Å². The lowest BCUT2D eigenvalue weighted by Gasteiger charge is -2.16. The van der Waals surface area contributed by atoms with Gasteiger partial charge in [0.05, 0.1) is 0 Å². The summed E-state index contributed by atoms with van der Waals surface area (Å²) in [5.41, 5.74) is 5.01. The van der Waals surface area contributed by atoms with Crippen LogP contribution in [0.15, 0.2) is 170 Å². The molecule has 0 heteroatoms. The van der Waals surface area contributed by atoms with Crippen molar-refractivity contribution >= 4 is 75.4 Å². The van der Waals surface area contributed by atoms with Gasteiger partial charge in [0.25, 0.3) is 0 Å². The first kappa shape index (κ1) is 25.4. The van der Waals surface area contributed by atoms with E-state index in [4.69, 9.17) is 0 Å². The number of fused-ring (bicyclic) bond motifs is 7. The monoisotopic (exact) mass is 580 g/mol. The first-order chi connectivity index (χ1) is 22.8. The van der Waals surface area contributed by atoms with Crippen molar-refractivity contribution in [3.05, 3.63) is 170 Å². The molecule has 0 amide bonds. The van der Waals surface area contributed by atoms with E-state index in [0.717, 1.165) is 0 Å². The molecule has 0 spiro atoms. The summed E-state index contributed by atoms with van der Waals surface area (Å²) in [6.45, 7) is 0. The van der Waals surface area contributed by atoms with Crippen molar-refractivity contribution in [2.45, 2.75) is 0 Å². The van der Waals surface area contributed by atoms with Crippen LogP contribution < -0.4 is 0 Å². The molecule has 46 heavy (non-hydrogen) atoms. The fraction of sp³-hybridized carbons (Fsp3) is 0. The number of rotatable bonds is 2. The van der Waals surface area contributed by atoms with Crippen LogP contribution in [0.5, 0.6) is 0 Å². The Hall–Kier alpha value is -5.98. The molecule has 0 saturated heterocycles. The zero-order chi connectivity index (χ0) is 30.2. The summed E-state index contributed by atoms with van der Waals surface area (Å²) in [5, 5.41) is 17.9. The lowest BCUT2D eigenvalue weighted by Crippen LogP contribution is -1.88. The van der Waals surface area contributed by atoms with Crippen LogP contribution in [-0.2, 0) is 0 Å². The predicted octanol–water partition coefficient (Wildman–Crippen LogP) is 13.1. The minimum Gasteiger partial charge on any atom is -0.0616 e. The van der Waals surface area contributed by atoms with E-state index >= 15 is 0 Å². The molecule has 0 aliphatic rings. The highest BCUT2D eigenvalue weighted by Gasteiger charge is 2.15. The minimum atomic E-state index is 1.24. The minimum absolute atomic E-state index is 1.24. The summed E-state index contributed by atoms with van der Waals surface area (Å²) in [6, 6.07) is 63.1. The van der Waals surface area contributed by atoms with Gasteiger partial charge in [-0.05, 0) is 110 Å². The molecule has 0 saturated carbocycles. The summed E-state index contributed by atoms with van der Waals surface area (Å²) < 4.78 is 0. The molecule has 0 aliphatic carbocycles. The standard InChI is InChI=1S/C46H28/c1-3-15-35-29(9-1)11-5-17-37(35)33-23-25-39-40-26-24-34(38-18-6-12-30-10-2-4-16-36(30)38)28-44(40)42-20-8-14-32-22-21-31-13-7-19-41(43(39)27-33)45(31)46(32)42/h1-28H. The lowest BCUT2D eigenvalue weighted by molar-refractivity contribution is 1.68. The fourth-order valence-electron chi connectivity index (χ4n) is 7.90. The van der Waals surface area contributed by atoms with Gasteiger partial charge in [-0.3, -0.25) is 0 Å². The average Bonchev–Trinajstić information content (AvgIpc) is 3.13. The van der Waals surface area contributed by atoms with Crippen molar-refractivity contribution in [2.75, 3.05) is 0 Å². The van der Waals surface area contributed by atoms with Gasteiger partial charge in [-0.1, -0.05) is 158 Å². The molecule has 212 valence electrons. The van der Waals surface area contributed by atoms with Crippen molar-refractivity contribution < 1.29 is 0 Å². The lowest BCUT2D eigenvalue weighted by atomic mass is 9.88. The Labute approximate surface area is 266 Å². The van der Waals surface area contributed by atoms with Crippen LogP contribution in [0.2, 0.25) is 0 Å². The highest BCUT2D eigenvalue weighted by atomic mass is 14.2. The molecule has 10 aromatic rings.